The minimum absolute atomic E-state index is 0.0202. The fourth-order valence-corrected chi connectivity index (χ4v) is 2.75. The van der Waals surface area contributed by atoms with Gasteiger partial charge in [0.15, 0.2) is 0 Å². The Kier molecular flexibility index (Phi) is 6.31. The Hall–Kier alpha value is -1.51. The van der Waals surface area contributed by atoms with Gasteiger partial charge in [0.25, 0.3) is 0 Å². The molecule has 0 aliphatic rings. The first kappa shape index (κ1) is 18.8. The fourth-order valence-electron chi connectivity index (χ4n) is 2.46. The average Bonchev–Trinajstić information content (AvgIpc) is 2.55. The number of alkyl halides is 1. The lowest BCUT2D eigenvalue weighted by molar-refractivity contribution is -0.129. The molecule has 0 spiro atoms. The van der Waals surface area contributed by atoms with Crippen molar-refractivity contribution in [2.75, 3.05) is 5.88 Å². The standard InChI is InChI=1S/C20H23Cl2NO/c1-20(2,3)17-8-4-15(5-9-17)13-23(19(24)12-21)14-16-6-10-18(22)11-7-16/h4-11H,12-14H2,1-3H3. The smallest absolute Gasteiger partial charge is 0.238 e. The number of benzene rings is 2. The molecule has 24 heavy (non-hydrogen) atoms. The number of amides is 1. The van der Waals surface area contributed by atoms with E-state index >= 15 is 0 Å². The van der Waals surface area contributed by atoms with Gasteiger partial charge in [0, 0.05) is 18.1 Å². The van der Waals surface area contributed by atoms with E-state index in [0.717, 1.165) is 11.1 Å². The first-order chi connectivity index (χ1) is 11.3. The molecule has 0 heterocycles. The second-order valence-electron chi connectivity index (χ2n) is 6.96. The van der Waals surface area contributed by atoms with E-state index in [0.29, 0.717) is 18.1 Å². The predicted octanol–water partition coefficient (Wildman–Crippen LogP) is 5.41. The van der Waals surface area contributed by atoms with Crippen LogP contribution in [0.5, 0.6) is 0 Å². The molecular formula is C20H23Cl2NO. The van der Waals surface area contributed by atoms with Gasteiger partial charge < -0.3 is 4.90 Å². The Morgan fingerprint density at radius 2 is 1.38 bits per heavy atom. The molecule has 0 radical (unpaired) electrons. The summed E-state index contributed by atoms with van der Waals surface area (Å²) in [6.45, 7) is 7.62. The molecule has 0 aliphatic carbocycles. The Morgan fingerprint density at radius 1 is 0.917 bits per heavy atom. The minimum atomic E-state index is -0.0773. The fraction of sp³-hybridized carbons (Fsp3) is 0.350. The lowest BCUT2D eigenvalue weighted by Gasteiger charge is -2.23. The highest BCUT2D eigenvalue weighted by atomic mass is 35.5. The van der Waals surface area contributed by atoms with Gasteiger partial charge in [-0.25, -0.2) is 0 Å². The summed E-state index contributed by atoms with van der Waals surface area (Å²) in [5.41, 5.74) is 3.52. The van der Waals surface area contributed by atoms with E-state index in [1.807, 2.05) is 24.3 Å². The lowest BCUT2D eigenvalue weighted by atomic mass is 9.87. The molecule has 1 amide bonds. The molecule has 0 aromatic heterocycles. The van der Waals surface area contributed by atoms with Gasteiger partial charge in [-0.15, -0.1) is 11.6 Å². The zero-order valence-corrected chi connectivity index (χ0v) is 15.9. The van der Waals surface area contributed by atoms with Crippen LogP contribution in [0.25, 0.3) is 0 Å². The van der Waals surface area contributed by atoms with Crippen molar-refractivity contribution in [3.63, 3.8) is 0 Å². The van der Waals surface area contributed by atoms with Gasteiger partial charge in [-0.2, -0.15) is 0 Å². The zero-order chi connectivity index (χ0) is 17.7. The monoisotopic (exact) mass is 363 g/mol. The van der Waals surface area contributed by atoms with Crippen molar-refractivity contribution in [3.8, 4) is 0 Å². The van der Waals surface area contributed by atoms with E-state index in [1.54, 1.807) is 4.90 Å². The van der Waals surface area contributed by atoms with Crippen molar-refractivity contribution in [2.24, 2.45) is 0 Å². The number of carbonyl (C=O) groups is 1. The number of rotatable bonds is 5. The average molecular weight is 364 g/mol. The summed E-state index contributed by atoms with van der Waals surface area (Å²) in [5.74, 6) is -0.0975. The number of halogens is 2. The molecule has 0 unspecified atom stereocenters. The molecule has 2 nitrogen and oxygen atoms in total. The van der Waals surface area contributed by atoms with Crippen molar-refractivity contribution >= 4 is 29.1 Å². The van der Waals surface area contributed by atoms with Crippen LogP contribution in [0.2, 0.25) is 5.02 Å². The molecule has 0 saturated heterocycles. The Bertz CT molecular complexity index is 672. The number of nitrogens with zero attached hydrogens (tertiary/aromatic N) is 1. The summed E-state index contributed by atoms with van der Waals surface area (Å²) in [4.78, 5) is 13.9. The van der Waals surface area contributed by atoms with E-state index in [-0.39, 0.29) is 17.2 Å². The van der Waals surface area contributed by atoms with Crippen LogP contribution in [-0.4, -0.2) is 16.7 Å². The van der Waals surface area contributed by atoms with E-state index in [2.05, 4.69) is 45.0 Å². The summed E-state index contributed by atoms with van der Waals surface area (Å²) < 4.78 is 0. The Balaban J connectivity index is 2.14. The topological polar surface area (TPSA) is 20.3 Å². The van der Waals surface area contributed by atoms with Gasteiger partial charge in [-0.1, -0.05) is 68.8 Å². The molecule has 0 saturated carbocycles. The highest BCUT2D eigenvalue weighted by Gasteiger charge is 2.16. The lowest BCUT2D eigenvalue weighted by Crippen LogP contribution is -2.31. The van der Waals surface area contributed by atoms with Crippen LogP contribution in [0.15, 0.2) is 48.5 Å². The normalized spacial score (nSPS) is 11.4. The van der Waals surface area contributed by atoms with Crippen molar-refractivity contribution in [3.05, 3.63) is 70.2 Å². The van der Waals surface area contributed by atoms with Crippen molar-refractivity contribution < 1.29 is 4.79 Å². The molecule has 128 valence electrons. The second kappa shape index (κ2) is 8.04. The first-order valence-corrected chi connectivity index (χ1v) is 8.88. The van der Waals surface area contributed by atoms with Gasteiger partial charge in [-0.05, 0) is 34.2 Å². The van der Waals surface area contributed by atoms with E-state index in [9.17, 15) is 4.79 Å². The SMILES string of the molecule is CC(C)(C)c1ccc(CN(Cc2ccc(Cl)cc2)C(=O)CCl)cc1. The second-order valence-corrected chi connectivity index (χ2v) is 7.66. The molecule has 0 N–H and O–H groups in total. The summed E-state index contributed by atoms with van der Waals surface area (Å²) in [5, 5.41) is 0.687. The van der Waals surface area contributed by atoms with Crippen LogP contribution in [-0.2, 0) is 23.3 Å². The number of hydrogen-bond donors (Lipinski definition) is 0. The van der Waals surface area contributed by atoms with Crippen LogP contribution in [0.3, 0.4) is 0 Å². The van der Waals surface area contributed by atoms with Gasteiger partial charge in [0.2, 0.25) is 5.91 Å². The van der Waals surface area contributed by atoms with E-state index in [4.69, 9.17) is 23.2 Å². The van der Waals surface area contributed by atoms with Crippen LogP contribution in [0.4, 0.5) is 0 Å². The maximum Gasteiger partial charge on any atom is 0.238 e. The number of carbonyl (C=O) groups excluding carboxylic acids is 1. The van der Waals surface area contributed by atoms with Gasteiger partial charge in [0.1, 0.15) is 5.88 Å². The largest absolute Gasteiger partial charge is 0.333 e. The summed E-state index contributed by atoms with van der Waals surface area (Å²) in [6, 6.07) is 15.9. The van der Waals surface area contributed by atoms with E-state index < -0.39 is 0 Å². The van der Waals surface area contributed by atoms with Gasteiger partial charge in [0.05, 0.1) is 0 Å². The quantitative estimate of drug-likeness (QED) is 0.650. The van der Waals surface area contributed by atoms with Gasteiger partial charge >= 0.3 is 0 Å². The summed E-state index contributed by atoms with van der Waals surface area (Å²) in [7, 11) is 0. The molecule has 2 rings (SSSR count). The molecule has 0 aliphatic heterocycles. The summed E-state index contributed by atoms with van der Waals surface area (Å²) >= 11 is 11.7. The third-order valence-corrected chi connectivity index (χ3v) is 4.43. The molecule has 0 fully saturated rings. The Labute approximate surface area is 154 Å². The molecular weight excluding hydrogens is 341 g/mol. The molecule has 0 bridgehead atoms. The van der Waals surface area contributed by atoms with Gasteiger partial charge in [-0.3, -0.25) is 4.79 Å². The minimum Gasteiger partial charge on any atom is -0.333 e. The third kappa shape index (κ3) is 5.25. The molecule has 2 aromatic carbocycles. The molecule has 4 heteroatoms. The highest BCUT2D eigenvalue weighted by molar-refractivity contribution is 6.30. The maximum absolute atomic E-state index is 12.2. The van der Waals surface area contributed by atoms with Crippen LogP contribution in [0, 0.1) is 0 Å². The number of hydrogen-bond acceptors (Lipinski definition) is 1. The third-order valence-electron chi connectivity index (χ3n) is 3.95. The van der Waals surface area contributed by atoms with Crippen molar-refractivity contribution in [1.82, 2.24) is 4.90 Å². The highest BCUT2D eigenvalue weighted by Crippen LogP contribution is 2.23. The summed E-state index contributed by atoms with van der Waals surface area (Å²) in [6.07, 6.45) is 0. The molecule has 0 atom stereocenters. The predicted molar refractivity (Wildman–Crippen MR) is 102 cm³/mol. The van der Waals surface area contributed by atoms with Crippen LogP contribution < -0.4 is 0 Å². The first-order valence-electron chi connectivity index (χ1n) is 7.97. The van der Waals surface area contributed by atoms with Crippen molar-refractivity contribution in [1.29, 1.82) is 0 Å². The van der Waals surface area contributed by atoms with E-state index in [1.165, 1.54) is 5.56 Å². The maximum atomic E-state index is 12.2. The van der Waals surface area contributed by atoms with Crippen LogP contribution >= 0.6 is 23.2 Å². The Morgan fingerprint density at radius 3 is 1.79 bits per heavy atom. The van der Waals surface area contributed by atoms with Crippen molar-refractivity contribution in [2.45, 2.75) is 39.3 Å². The zero-order valence-electron chi connectivity index (χ0n) is 14.4. The van der Waals surface area contributed by atoms with Crippen LogP contribution in [0.1, 0.15) is 37.5 Å². The molecule has 2 aromatic rings.